The van der Waals surface area contributed by atoms with E-state index in [4.69, 9.17) is 9.26 Å². The number of hydrogen-bond acceptors (Lipinski definition) is 6. The van der Waals surface area contributed by atoms with Gasteiger partial charge in [0.05, 0.1) is 29.7 Å². The summed E-state index contributed by atoms with van der Waals surface area (Å²) in [6, 6.07) is 1.79. The zero-order valence-corrected chi connectivity index (χ0v) is 15.5. The predicted octanol–water partition coefficient (Wildman–Crippen LogP) is 3.15. The summed E-state index contributed by atoms with van der Waals surface area (Å²) in [4.78, 5) is 30.7. The minimum atomic E-state index is -0.282. The molecule has 3 rings (SSSR count). The zero-order valence-electron chi connectivity index (χ0n) is 15.5. The summed E-state index contributed by atoms with van der Waals surface area (Å²) in [6.07, 6.45) is 3.98. The van der Waals surface area contributed by atoms with E-state index >= 15 is 0 Å². The summed E-state index contributed by atoms with van der Waals surface area (Å²) in [5, 5.41) is 4.82. The van der Waals surface area contributed by atoms with E-state index in [9.17, 15) is 9.59 Å². The summed E-state index contributed by atoms with van der Waals surface area (Å²) in [6.45, 7) is 7.18. The molecule has 2 aromatic rings. The summed E-state index contributed by atoms with van der Waals surface area (Å²) in [5.41, 5.74) is 1.72. The second-order valence-electron chi connectivity index (χ2n) is 7.05. The molecule has 1 aliphatic rings. The van der Waals surface area contributed by atoms with Gasteiger partial charge in [0.15, 0.2) is 0 Å². The highest BCUT2D eigenvalue weighted by atomic mass is 16.5. The van der Waals surface area contributed by atoms with Gasteiger partial charge in [-0.05, 0) is 37.7 Å². The molecule has 1 amide bonds. The Labute approximate surface area is 152 Å². The molecule has 140 valence electrons. The molecule has 2 heterocycles. The van der Waals surface area contributed by atoms with Crippen LogP contribution in [-0.2, 0) is 9.53 Å². The van der Waals surface area contributed by atoms with Crippen LogP contribution in [0.4, 0.5) is 0 Å². The van der Waals surface area contributed by atoms with Gasteiger partial charge in [0.1, 0.15) is 0 Å². The van der Waals surface area contributed by atoms with Gasteiger partial charge in [-0.25, -0.2) is 4.98 Å². The van der Waals surface area contributed by atoms with Crippen molar-refractivity contribution in [3.63, 3.8) is 0 Å². The molecule has 0 N–H and O–H groups in total. The topological polar surface area (TPSA) is 85.5 Å². The minimum absolute atomic E-state index is 0.119. The lowest BCUT2D eigenvalue weighted by Gasteiger charge is -2.22. The van der Waals surface area contributed by atoms with E-state index in [1.165, 1.54) is 6.20 Å². The number of pyridine rings is 1. The van der Waals surface area contributed by atoms with Crippen molar-refractivity contribution in [1.29, 1.82) is 0 Å². The number of esters is 1. The van der Waals surface area contributed by atoms with E-state index in [2.05, 4.69) is 10.1 Å². The second-order valence-corrected chi connectivity index (χ2v) is 7.05. The van der Waals surface area contributed by atoms with Crippen LogP contribution in [0.25, 0.3) is 11.1 Å². The number of ether oxygens (including phenoxy) is 1. The van der Waals surface area contributed by atoms with Crippen LogP contribution in [0.15, 0.2) is 16.8 Å². The van der Waals surface area contributed by atoms with Crippen molar-refractivity contribution in [2.24, 2.45) is 5.92 Å². The average molecular weight is 359 g/mol. The summed E-state index contributed by atoms with van der Waals surface area (Å²) >= 11 is 0. The van der Waals surface area contributed by atoms with E-state index in [1.54, 1.807) is 17.9 Å². The Bertz CT molecular complexity index is 795. The van der Waals surface area contributed by atoms with Gasteiger partial charge in [-0.2, -0.15) is 0 Å². The van der Waals surface area contributed by atoms with Gasteiger partial charge in [-0.15, -0.1) is 0 Å². The Morgan fingerprint density at radius 1 is 1.38 bits per heavy atom. The normalized spacial score (nSPS) is 14.0. The maximum atomic E-state index is 13.0. The van der Waals surface area contributed by atoms with Crippen LogP contribution in [0.1, 0.15) is 62.0 Å². The minimum Gasteiger partial charge on any atom is -0.466 e. The van der Waals surface area contributed by atoms with Crippen molar-refractivity contribution in [2.75, 3.05) is 19.7 Å². The van der Waals surface area contributed by atoms with E-state index in [-0.39, 0.29) is 24.2 Å². The summed E-state index contributed by atoms with van der Waals surface area (Å²) < 4.78 is 10.2. The number of hydrogen-bond donors (Lipinski definition) is 0. The van der Waals surface area contributed by atoms with Crippen LogP contribution in [0.2, 0.25) is 0 Å². The molecule has 1 fully saturated rings. The van der Waals surface area contributed by atoms with Crippen molar-refractivity contribution in [2.45, 2.75) is 46.0 Å². The zero-order chi connectivity index (χ0) is 18.7. The number of amides is 1. The van der Waals surface area contributed by atoms with Crippen molar-refractivity contribution >= 4 is 23.0 Å². The van der Waals surface area contributed by atoms with Crippen LogP contribution < -0.4 is 0 Å². The Balaban J connectivity index is 1.79. The highest BCUT2D eigenvalue weighted by molar-refractivity contribution is 5.97. The van der Waals surface area contributed by atoms with Crippen molar-refractivity contribution in [1.82, 2.24) is 15.0 Å². The molecular formula is C19H25N3O4. The van der Waals surface area contributed by atoms with Crippen LogP contribution in [0.3, 0.4) is 0 Å². The quantitative estimate of drug-likeness (QED) is 0.673. The molecule has 26 heavy (non-hydrogen) atoms. The van der Waals surface area contributed by atoms with Gasteiger partial charge in [0.25, 0.3) is 11.6 Å². The van der Waals surface area contributed by atoms with E-state index in [0.717, 1.165) is 23.9 Å². The number of carbonyl (C=O) groups excluding carboxylic acids is 2. The fourth-order valence-electron chi connectivity index (χ4n) is 2.91. The van der Waals surface area contributed by atoms with E-state index in [1.807, 2.05) is 13.8 Å². The van der Waals surface area contributed by atoms with Gasteiger partial charge >= 0.3 is 5.97 Å². The maximum absolute atomic E-state index is 13.0. The Hall–Kier alpha value is -2.44. The third kappa shape index (κ3) is 4.20. The third-order valence-corrected chi connectivity index (χ3v) is 4.51. The van der Waals surface area contributed by atoms with Crippen molar-refractivity contribution in [3.05, 3.63) is 23.5 Å². The van der Waals surface area contributed by atoms with Crippen LogP contribution in [0, 0.1) is 5.92 Å². The second kappa shape index (κ2) is 7.85. The molecule has 1 aliphatic carbocycles. The lowest BCUT2D eigenvalue weighted by atomic mass is 10.1. The molecule has 7 heteroatoms. The first-order valence-corrected chi connectivity index (χ1v) is 9.19. The molecule has 0 unspecified atom stereocenters. The number of rotatable bonds is 8. The van der Waals surface area contributed by atoms with E-state index < -0.39 is 0 Å². The van der Waals surface area contributed by atoms with Gasteiger partial charge in [-0.3, -0.25) is 9.59 Å². The number of aromatic nitrogens is 2. The molecule has 0 aliphatic heterocycles. The Kier molecular flexibility index (Phi) is 5.54. The standard InChI is InChI=1S/C19H25N3O4/c1-4-25-16(23)7-8-22(11-13-5-6-13)19(24)14-9-15-17(12(2)3)21-26-18(15)20-10-14/h9-10,12-13H,4-8,11H2,1-3H3. The molecule has 0 bridgehead atoms. The fourth-order valence-corrected chi connectivity index (χ4v) is 2.91. The van der Waals surface area contributed by atoms with Crippen molar-refractivity contribution < 1.29 is 18.8 Å². The summed E-state index contributed by atoms with van der Waals surface area (Å²) in [7, 11) is 0. The number of carbonyl (C=O) groups is 2. The monoisotopic (exact) mass is 359 g/mol. The van der Waals surface area contributed by atoms with Gasteiger partial charge in [0, 0.05) is 19.3 Å². The van der Waals surface area contributed by atoms with E-state index in [0.29, 0.717) is 36.9 Å². The first-order chi connectivity index (χ1) is 12.5. The highest BCUT2D eigenvalue weighted by Crippen LogP contribution is 2.30. The average Bonchev–Trinajstić information content (AvgIpc) is 3.33. The Morgan fingerprint density at radius 2 is 2.15 bits per heavy atom. The largest absolute Gasteiger partial charge is 0.466 e. The summed E-state index contributed by atoms with van der Waals surface area (Å²) in [5.74, 6) is 0.303. The van der Waals surface area contributed by atoms with Crippen molar-refractivity contribution in [3.8, 4) is 0 Å². The lowest BCUT2D eigenvalue weighted by molar-refractivity contribution is -0.143. The van der Waals surface area contributed by atoms with Gasteiger partial charge in [0.2, 0.25) is 0 Å². The first-order valence-electron chi connectivity index (χ1n) is 9.19. The first kappa shape index (κ1) is 18.4. The lowest BCUT2D eigenvalue weighted by Crippen LogP contribution is -2.35. The molecule has 0 saturated heterocycles. The van der Waals surface area contributed by atoms with Crippen LogP contribution in [0.5, 0.6) is 0 Å². The molecule has 7 nitrogen and oxygen atoms in total. The molecule has 0 atom stereocenters. The molecule has 2 aromatic heterocycles. The van der Waals surface area contributed by atoms with Crippen LogP contribution in [-0.4, -0.2) is 46.6 Å². The maximum Gasteiger partial charge on any atom is 0.307 e. The fraction of sp³-hybridized carbons (Fsp3) is 0.579. The highest BCUT2D eigenvalue weighted by Gasteiger charge is 2.28. The van der Waals surface area contributed by atoms with Gasteiger partial charge < -0.3 is 14.2 Å². The SMILES string of the molecule is CCOC(=O)CCN(CC1CC1)C(=O)c1cnc2onc(C(C)C)c2c1. The molecule has 0 aromatic carbocycles. The molecule has 1 saturated carbocycles. The molecular weight excluding hydrogens is 334 g/mol. The molecule has 0 radical (unpaired) electrons. The van der Waals surface area contributed by atoms with Crippen LogP contribution >= 0.6 is 0 Å². The number of fused-ring (bicyclic) bond motifs is 1. The molecule has 0 spiro atoms. The third-order valence-electron chi connectivity index (χ3n) is 4.51. The predicted molar refractivity (Wildman–Crippen MR) is 95.8 cm³/mol. The smallest absolute Gasteiger partial charge is 0.307 e. The Morgan fingerprint density at radius 3 is 2.81 bits per heavy atom. The van der Waals surface area contributed by atoms with Gasteiger partial charge in [-0.1, -0.05) is 19.0 Å². The number of nitrogens with zero attached hydrogens (tertiary/aromatic N) is 3.